The first-order chi connectivity index (χ1) is 6.36. The van der Waals surface area contributed by atoms with Crippen LogP contribution < -0.4 is 0 Å². The molecule has 3 aliphatic rings. The number of rotatable bonds is 1. The Kier molecular flexibility index (Phi) is 1.68. The first-order valence-electron chi connectivity index (χ1n) is 4.98. The Bertz CT molecular complexity index is 205. The van der Waals surface area contributed by atoms with Crippen LogP contribution in [0.1, 0.15) is 19.3 Å². The Balaban J connectivity index is 1.93. The minimum Gasteiger partial charge on any atom is -0.394 e. The van der Waals surface area contributed by atoms with Crippen LogP contribution in [0.3, 0.4) is 0 Å². The summed E-state index contributed by atoms with van der Waals surface area (Å²) in [6, 6.07) is 0. The van der Waals surface area contributed by atoms with E-state index in [1.54, 1.807) is 0 Å². The number of nitrogens with zero attached hydrogens (tertiary/aromatic N) is 1. The van der Waals surface area contributed by atoms with E-state index in [9.17, 15) is 5.11 Å². The van der Waals surface area contributed by atoms with Gasteiger partial charge in [-0.05, 0) is 19.3 Å². The van der Waals surface area contributed by atoms with Crippen LogP contribution in [0.15, 0.2) is 0 Å². The van der Waals surface area contributed by atoms with Gasteiger partial charge in [-0.1, -0.05) is 0 Å². The van der Waals surface area contributed by atoms with Crippen LogP contribution in [0.2, 0.25) is 0 Å². The van der Waals surface area contributed by atoms with E-state index in [0.29, 0.717) is 13.2 Å². The molecule has 3 rings (SSSR count). The van der Waals surface area contributed by atoms with E-state index in [2.05, 4.69) is 4.90 Å². The number of piperidine rings is 1. The first kappa shape index (κ1) is 8.17. The van der Waals surface area contributed by atoms with E-state index in [4.69, 9.17) is 9.47 Å². The summed E-state index contributed by atoms with van der Waals surface area (Å²) in [4.78, 5) is 2.25. The zero-order chi connectivity index (χ0) is 8.89. The van der Waals surface area contributed by atoms with Gasteiger partial charge in [0.1, 0.15) is 12.5 Å². The van der Waals surface area contributed by atoms with Gasteiger partial charge in [0.25, 0.3) is 0 Å². The fourth-order valence-electron chi connectivity index (χ4n) is 2.74. The molecule has 2 unspecified atom stereocenters. The van der Waals surface area contributed by atoms with Crippen molar-refractivity contribution in [3.8, 4) is 0 Å². The van der Waals surface area contributed by atoms with Gasteiger partial charge in [-0.15, -0.1) is 0 Å². The van der Waals surface area contributed by atoms with Crippen molar-refractivity contribution in [2.24, 2.45) is 0 Å². The van der Waals surface area contributed by atoms with Crippen molar-refractivity contribution in [2.45, 2.75) is 37.3 Å². The highest BCUT2D eigenvalue weighted by molar-refractivity contribution is 5.03. The molecular weight excluding hydrogens is 170 g/mol. The molecule has 4 nitrogen and oxygen atoms in total. The molecule has 0 spiro atoms. The number of aliphatic hydroxyl groups excluding tert-OH is 1. The minimum atomic E-state index is -0.213. The summed E-state index contributed by atoms with van der Waals surface area (Å²) in [6.07, 6.45) is 3.75. The maximum Gasteiger partial charge on any atom is 0.113 e. The van der Waals surface area contributed by atoms with Gasteiger partial charge >= 0.3 is 0 Å². The Morgan fingerprint density at radius 2 is 1.85 bits per heavy atom. The Morgan fingerprint density at radius 3 is 2.38 bits per heavy atom. The summed E-state index contributed by atoms with van der Waals surface area (Å²) in [6.45, 7) is 1.41. The maximum atomic E-state index is 9.38. The largest absolute Gasteiger partial charge is 0.394 e. The molecule has 0 amide bonds. The molecule has 1 N–H and O–H groups in total. The quantitative estimate of drug-likeness (QED) is 0.620. The fraction of sp³-hybridized carbons (Fsp3) is 1.00. The first-order valence-corrected chi connectivity index (χ1v) is 4.98. The summed E-state index contributed by atoms with van der Waals surface area (Å²) in [7, 11) is 0. The molecule has 3 heterocycles. The summed E-state index contributed by atoms with van der Waals surface area (Å²) in [5, 5.41) is 9.38. The molecule has 74 valence electrons. The molecule has 0 bridgehead atoms. The van der Waals surface area contributed by atoms with Gasteiger partial charge in [0.2, 0.25) is 0 Å². The third kappa shape index (κ3) is 0.944. The molecular formula is C9H15NO3. The van der Waals surface area contributed by atoms with Crippen LogP contribution >= 0.6 is 0 Å². The van der Waals surface area contributed by atoms with Crippen molar-refractivity contribution in [2.75, 3.05) is 19.8 Å². The zero-order valence-electron chi connectivity index (χ0n) is 7.61. The van der Waals surface area contributed by atoms with E-state index in [1.807, 2.05) is 0 Å². The molecule has 4 heteroatoms. The molecule has 0 aromatic heterocycles. The van der Waals surface area contributed by atoms with E-state index < -0.39 is 0 Å². The molecule has 0 aliphatic carbocycles. The molecule has 0 radical (unpaired) electrons. The standard InChI is InChI=1S/C9H15NO3/c11-4-9-5-12-7-2-1-3-8(10(7)9)13-6-9/h7-8,11H,1-6H2. The lowest BCUT2D eigenvalue weighted by Crippen LogP contribution is -2.52. The van der Waals surface area contributed by atoms with Crippen molar-refractivity contribution in [3.63, 3.8) is 0 Å². The molecule has 3 aliphatic heterocycles. The van der Waals surface area contributed by atoms with E-state index in [0.717, 1.165) is 12.8 Å². The zero-order valence-corrected chi connectivity index (χ0v) is 7.61. The van der Waals surface area contributed by atoms with Crippen molar-refractivity contribution < 1.29 is 14.6 Å². The van der Waals surface area contributed by atoms with Gasteiger partial charge in [0.05, 0.1) is 25.4 Å². The van der Waals surface area contributed by atoms with Gasteiger partial charge < -0.3 is 14.6 Å². The normalized spacial score (nSPS) is 49.6. The van der Waals surface area contributed by atoms with Crippen LogP contribution in [-0.4, -0.2) is 47.8 Å². The topological polar surface area (TPSA) is 41.9 Å². The third-order valence-corrected chi connectivity index (χ3v) is 3.45. The fourth-order valence-corrected chi connectivity index (χ4v) is 2.74. The van der Waals surface area contributed by atoms with E-state index in [-0.39, 0.29) is 24.6 Å². The second kappa shape index (κ2) is 2.67. The highest BCUT2D eigenvalue weighted by Gasteiger charge is 2.56. The van der Waals surface area contributed by atoms with Crippen LogP contribution in [0.4, 0.5) is 0 Å². The Labute approximate surface area is 77.4 Å². The predicted molar refractivity (Wildman–Crippen MR) is 45.0 cm³/mol. The highest BCUT2D eigenvalue weighted by atomic mass is 16.6. The average Bonchev–Trinajstić information content (AvgIpc) is 2.72. The van der Waals surface area contributed by atoms with Crippen LogP contribution in [0.5, 0.6) is 0 Å². The smallest absolute Gasteiger partial charge is 0.113 e. The Morgan fingerprint density at radius 1 is 1.23 bits per heavy atom. The molecule has 3 fully saturated rings. The van der Waals surface area contributed by atoms with Gasteiger partial charge in [0.15, 0.2) is 0 Å². The Hall–Kier alpha value is -0.160. The van der Waals surface area contributed by atoms with Crippen LogP contribution in [0.25, 0.3) is 0 Å². The van der Waals surface area contributed by atoms with Gasteiger partial charge in [-0.25, -0.2) is 4.90 Å². The second-order valence-electron chi connectivity index (χ2n) is 4.25. The SMILES string of the molecule is OCC12COC3CCCC(OC1)N32. The summed E-state index contributed by atoms with van der Waals surface area (Å²) >= 11 is 0. The van der Waals surface area contributed by atoms with Crippen molar-refractivity contribution >= 4 is 0 Å². The molecule has 3 saturated heterocycles. The van der Waals surface area contributed by atoms with Crippen molar-refractivity contribution in [3.05, 3.63) is 0 Å². The van der Waals surface area contributed by atoms with Crippen LogP contribution in [-0.2, 0) is 9.47 Å². The van der Waals surface area contributed by atoms with E-state index in [1.165, 1.54) is 6.42 Å². The molecule has 0 saturated carbocycles. The number of ether oxygens (including phenoxy) is 2. The molecule has 2 atom stereocenters. The summed E-state index contributed by atoms with van der Waals surface area (Å²) in [5.74, 6) is 0. The van der Waals surface area contributed by atoms with Gasteiger partial charge in [-0.3, -0.25) is 0 Å². The summed E-state index contributed by atoms with van der Waals surface area (Å²) < 4.78 is 11.3. The monoisotopic (exact) mass is 185 g/mol. The molecule has 0 aromatic rings. The van der Waals surface area contributed by atoms with Crippen LogP contribution in [0, 0.1) is 0 Å². The molecule has 0 aromatic carbocycles. The lowest BCUT2D eigenvalue weighted by molar-refractivity contribution is -0.0894. The number of hydrogen-bond donors (Lipinski definition) is 1. The minimum absolute atomic E-state index is 0.153. The highest BCUT2D eigenvalue weighted by Crippen LogP contribution is 2.42. The third-order valence-electron chi connectivity index (χ3n) is 3.45. The lowest BCUT2D eigenvalue weighted by atomic mass is 10.00. The molecule has 13 heavy (non-hydrogen) atoms. The van der Waals surface area contributed by atoms with E-state index >= 15 is 0 Å². The summed E-state index contributed by atoms with van der Waals surface area (Å²) in [5.41, 5.74) is -0.213. The number of aliphatic hydroxyl groups is 1. The van der Waals surface area contributed by atoms with Gasteiger partial charge in [-0.2, -0.15) is 0 Å². The van der Waals surface area contributed by atoms with Crippen molar-refractivity contribution in [1.29, 1.82) is 0 Å². The second-order valence-corrected chi connectivity index (χ2v) is 4.25. The van der Waals surface area contributed by atoms with Crippen molar-refractivity contribution in [1.82, 2.24) is 4.90 Å². The average molecular weight is 185 g/mol. The lowest BCUT2D eigenvalue weighted by Gasteiger charge is -2.35. The van der Waals surface area contributed by atoms with Gasteiger partial charge in [0, 0.05) is 0 Å². The maximum absolute atomic E-state index is 9.38. The number of hydrogen-bond acceptors (Lipinski definition) is 4. The predicted octanol–water partition coefficient (Wildman–Crippen LogP) is -0.0840.